The summed E-state index contributed by atoms with van der Waals surface area (Å²) < 4.78 is 5.94. The summed E-state index contributed by atoms with van der Waals surface area (Å²) >= 11 is 3.35. The van der Waals surface area contributed by atoms with Gasteiger partial charge in [0.05, 0.1) is 5.69 Å². The molecule has 1 aromatic carbocycles. The molecule has 1 heterocycles. The van der Waals surface area contributed by atoms with Gasteiger partial charge in [0.15, 0.2) is 0 Å². The second-order valence-corrected chi connectivity index (χ2v) is 6.38. The first-order chi connectivity index (χ1) is 9.19. The molecule has 106 valence electrons. The molecule has 0 saturated carbocycles. The molecule has 0 fully saturated rings. The van der Waals surface area contributed by atoms with Crippen molar-refractivity contribution < 1.29 is 14.3 Å². The first kappa shape index (κ1) is 14.7. The van der Waals surface area contributed by atoms with Crippen LogP contribution in [0.25, 0.3) is 0 Å². The molecule has 0 bridgehead atoms. The molecular formula is C14H15BrN2O3. The Balaban J connectivity index is 2.41. The number of anilines is 1. The smallest absolute Gasteiger partial charge is 0.434 e. The lowest BCUT2D eigenvalue weighted by atomic mass is 10.1. The van der Waals surface area contributed by atoms with Gasteiger partial charge in [0.25, 0.3) is 5.91 Å². The highest BCUT2D eigenvalue weighted by Crippen LogP contribution is 2.30. The van der Waals surface area contributed by atoms with Crippen molar-refractivity contribution in [1.29, 1.82) is 0 Å². The van der Waals surface area contributed by atoms with E-state index in [4.69, 9.17) is 4.74 Å². The van der Waals surface area contributed by atoms with Gasteiger partial charge in [-0.1, -0.05) is 15.9 Å². The number of nitrogens with zero attached hydrogens (tertiary/aromatic N) is 2. The van der Waals surface area contributed by atoms with Gasteiger partial charge in [0, 0.05) is 17.1 Å². The minimum atomic E-state index is -0.762. The van der Waals surface area contributed by atoms with Gasteiger partial charge >= 0.3 is 6.09 Å². The van der Waals surface area contributed by atoms with E-state index in [2.05, 4.69) is 20.9 Å². The van der Waals surface area contributed by atoms with Crippen LogP contribution in [0.3, 0.4) is 0 Å². The minimum Gasteiger partial charge on any atom is -0.442 e. The number of halogens is 1. The summed E-state index contributed by atoms with van der Waals surface area (Å²) in [6.45, 7) is 5.24. The molecule has 20 heavy (non-hydrogen) atoms. The van der Waals surface area contributed by atoms with Crippen molar-refractivity contribution >= 4 is 39.3 Å². The van der Waals surface area contributed by atoms with Crippen LogP contribution in [0, 0.1) is 0 Å². The molecule has 0 aromatic heterocycles. The second kappa shape index (κ2) is 5.01. The lowest BCUT2D eigenvalue weighted by Gasteiger charge is -2.17. The highest BCUT2D eigenvalue weighted by atomic mass is 79.9. The van der Waals surface area contributed by atoms with E-state index >= 15 is 0 Å². The average molecular weight is 339 g/mol. The van der Waals surface area contributed by atoms with Crippen LogP contribution < -0.4 is 4.90 Å². The van der Waals surface area contributed by atoms with Crippen LogP contribution >= 0.6 is 15.9 Å². The fourth-order valence-corrected chi connectivity index (χ4v) is 2.22. The predicted octanol–water partition coefficient (Wildman–Crippen LogP) is 3.15. The Morgan fingerprint density at radius 2 is 2.00 bits per heavy atom. The van der Waals surface area contributed by atoms with Crippen molar-refractivity contribution in [2.45, 2.75) is 26.4 Å². The second-order valence-electron chi connectivity index (χ2n) is 5.47. The first-order valence-electron chi connectivity index (χ1n) is 6.09. The van der Waals surface area contributed by atoms with Crippen molar-refractivity contribution in [2.24, 2.45) is 4.99 Å². The van der Waals surface area contributed by atoms with Crippen molar-refractivity contribution in [2.75, 3.05) is 11.9 Å². The highest BCUT2D eigenvalue weighted by Gasteiger charge is 2.32. The molecule has 6 heteroatoms. The molecule has 0 unspecified atom stereocenters. The van der Waals surface area contributed by atoms with E-state index in [1.807, 2.05) is 6.07 Å². The summed E-state index contributed by atoms with van der Waals surface area (Å²) in [5, 5.41) is 0. The number of fused-ring (bicyclic) bond motifs is 1. The summed E-state index contributed by atoms with van der Waals surface area (Å²) in [6, 6.07) is 5.40. The van der Waals surface area contributed by atoms with Crippen LogP contribution in [0.15, 0.2) is 27.7 Å². The fourth-order valence-electron chi connectivity index (χ4n) is 1.86. The van der Waals surface area contributed by atoms with Crippen LogP contribution in [0.1, 0.15) is 26.3 Å². The maximum Gasteiger partial charge on any atom is 0.434 e. The van der Waals surface area contributed by atoms with E-state index in [-0.39, 0.29) is 11.6 Å². The number of likely N-dealkylation sites (N-methyl/N-ethyl adjacent to an activating group) is 1. The van der Waals surface area contributed by atoms with E-state index < -0.39 is 11.7 Å². The zero-order valence-corrected chi connectivity index (χ0v) is 13.3. The summed E-state index contributed by atoms with van der Waals surface area (Å²) in [7, 11) is 1.65. The zero-order valence-electron chi connectivity index (χ0n) is 11.7. The van der Waals surface area contributed by atoms with Gasteiger partial charge in [-0.15, -0.1) is 0 Å². The third-order valence-corrected chi connectivity index (χ3v) is 3.17. The Morgan fingerprint density at radius 1 is 1.35 bits per heavy atom. The lowest BCUT2D eigenvalue weighted by Crippen LogP contribution is -2.27. The monoisotopic (exact) mass is 338 g/mol. The Kier molecular flexibility index (Phi) is 3.69. The van der Waals surface area contributed by atoms with Crippen molar-refractivity contribution in [3.63, 3.8) is 0 Å². The molecule has 5 nitrogen and oxygen atoms in total. The average Bonchev–Trinajstić information content (AvgIpc) is 2.52. The van der Waals surface area contributed by atoms with Gasteiger partial charge in [-0.05, 0) is 39.0 Å². The Labute approximate surface area is 125 Å². The largest absolute Gasteiger partial charge is 0.442 e. The van der Waals surface area contributed by atoms with Gasteiger partial charge in [-0.25, -0.2) is 4.79 Å². The third kappa shape index (κ3) is 2.90. The van der Waals surface area contributed by atoms with E-state index in [0.29, 0.717) is 5.56 Å². The van der Waals surface area contributed by atoms with Gasteiger partial charge in [0.1, 0.15) is 11.3 Å². The molecule has 1 aliphatic rings. The molecule has 1 aromatic rings. The van der Waals surface area contributed by atoms with E-state index in [0.717, 1.165) is 10.2 Å². The molecular weight excluding hydrogens is 324 g/mol. The number of hydrogen-bond acceptors (Lipinski definition) is 3. The van der Waals surface area contributed by atoms with E-state index in [1.165, 1.54) is 4.90 Å². The van der Waals surface area contributed by atoms with Crippen LogP contribution in [0.2, 0.25) is 0 Å². The molecule has 0 aliphatic carbocycles. The SMILES string of the molecule is CN1C(=O)/C(=N/C(=O)OC(C)(C)C)c2cc(Br)ccc21. The highest BCUT2D eigenvalue weighted by molar-refractivity contribution is 9.10. The molecule has 0 radical (unpaired) electrons. The Hall–Kier alpha value is -1.69. The van der Waals surface area contributed by atoms with Crippen LogP contribution in [-0.4, -0.2) is 30.4 Å². The third-order valence-electron chi connectivity index (χ3n) is 2.68. The molecule has 0 spiro atoms. The van der Waals surface area contributed by atoms with Gasteiger partial charge in [-0.2, -0.15) is 4.99 Å². The normalized spacial score (nSPS) is 16.6. The molecule has 2 rings (SSSR count). The maximum absolute atomic E-state index is 12.1. The Bertz CT molecular complexity index is 617. The fraction of sp³-hybridized carbons (Fsp3) is 0.357. The number of carbonyl (C=O) groups excluding carboxylic acids is 2. The number of aliphatic imine (C=N–C) groups is 1. The number of hydrogen-bond donors (Lipinski definition) is 0. The van der Waals surface area contributed by atoms with Crippen molar-refractivity contribution in [3.8, 4) is 0 Å². The molecule has 2 amide bonds. The molecule has 0 N–H and O–H groups in total. The maximum atomic E-state index is 12.1. The van der Waals surface area contributed by atoms with Gasteiger partial charge < -0.3 is 9.64 Å². The topological polar surface area (TPSA) is 59.0 Å². The van der Waals surface area contributed by atoms with Gasteiger partial charge in [0.2, 0.25) is 0 Å². The lowest BCUT2D eigenvalue weighted by molar-refractivity contribution is -0.112. The summed E-state index contributed by atoms with van der Waals surface area (Å²) in [4.78, 5) is 29.2. The first-order valence-corrected chi connectivity index (χ1v) is 6.88. The summed E-state index contributed by atoms with van der Waals surface area (Å²) in [6.07, 6.45) is -0.762. The quantitative estimate of drug-likeness (QED) is 0.730. The van der Waals surface area contributed by atoms with Crippen LogP contribution in [0.4, 0.5) is 10.5 Å². The Morgan fingerprint density at radius 3 is 2.60 bits per heavy atom. The van der Waals surface area contributed by atoms with Crippen LogP contribution in [0.5, 0.6) is 0 Å². The number of rotatable bonds is 0. The van der Waals surface area contributed by atoms with E-state index in [1.54, 1.807) is 40.0 Å². The molecule has 0 saturated heterocycles. The van der Waals surface area contributed by atoms with Crippen molar-refractivity contribution in [3.05, 3.63) is 28.2 Å². The number of amides is 2. The number of carbonyl (C=O) groups is 2. The predicted molar refractivity (Wildman–Crippen MR) is 80.3 cm³/mol. The molecule has 0 atom stereocenters. The summed E-state index contributed by atoms with van der Waals surface area (Å²) in [5.41, 5.74) is 0.811. The zero-order chi connectivity index (χ0) is 15.1. The van der Waals surface area contributed by atoms with E-state index in [9.17, 15) is 9.59 Å². The molecule has 1 aliphatic heterocycles. The van der Waals surface area contributed by atoms with Crippen LogP contribution in [-0.2, 0) is 9.53 Å². The minimum absolute atomic E-state index is 0.109. The standard InChI is InChI=1S/C14H15BrN2O3/c1-14(2,3)20-13(19)16-11-9-7-8(15)5-6-10(9)17(4)12(11)18/h5-7H,1-4H3/b16-11+. The van der Waals surface area contributed by atoms with Crippen molar-refractivity contribution in [1.82, 2.24) is 0 Å². The number of ether oxygens (including phenoxy) is 1. The van der Waals surface area contributed by atoms with Gasteiger partial charge in [-0.3, -0.25) is 4.79 Å². The number of benzene rings is 1. The summed E-state index contributed by atoms with van der Waals surface area (Å²) in [5.74, 6) is -0.316.